The third kappa shape index (κ3) is 4.60. The zero-order valence-corrected chi connectivity index (χ0v) is 15.0. The minimum Gasteiger partial charge on any atom is -0.294 e. The van der Waals surface area contributed by atoms with Crippen molar-refractivity contribution in [2.45, 2.75) is 4.34 Å². The maximum atomic E-state index is 11.9. The quantitative estimate of drug-likeness (QED) is 0.646. The van der Waals surface area contributed by atoms with Crippen molar-refractivity contribution in [2.75, 3.05) is 11.1 Å². The Morgan fingerprint density at radius 3 is 2.70 bits per heavy atom. The van der Waals surface area contributed by atoms with E-state index in [1.54, 1.807) is 18.5 Å². The molecule has 0 atom stereocenters. The lowest BCUT2D eigenvalue weighted by atomic mass is 10.2. The lowest BCUT2D eigenvalue weighted by molar-refractivity contribution is -0.113. The molecule has 0 unspecified atom stereocenters. The number of thioether (sulfide) groups is 1. The number of carbonyl (C=O) groups is 1. The zero-order chi connectivity index (χ0) is 16.1. The highest BCUT2D eigenvalue weighted by molar-refractivity contribution is 9.10. The van der Waals surface area contributed by atoms with Gasteiger partial charge in [-0.05, 0) is 18.2 Å². The van der Waals surface area contributed by atoms with Crippen LogP contribution in [0.5, 0.6) is 0 Å². The number of aromatic nitrogens is 3. The van der Waals surface area contributed by atoms with Crippen molar-refractivity contribution in [1.29, 1.82) is 0 Å². The van der Waals surface area contributed by atoms with Crippen LogP contribution in [0.15, 0.2) is 56.9 Å². The minimum atomic E-state index is -0.151. The van der Waals surface area contributed by atoms with Crippen molar-refractivity contribution < 1.29 is 4.79 Å². The lowest BCUT2D eigenvalue weighted by Gasteiger charge is -2.01. The van der Waals surface area contributed by atoms with Gasteiger partial charge in [-0.15, -0.1) is 11.3 Å². The summed E-state index contributed by atoms with van der Waals surface area (Å²) in [4.78, 5) is 24.3. The summed E-state index contributed by atoms with van der Waals surface area (Å²) >= 11 is 6.34. The van der Waals surface area contributed by atoms with Gasteiger partial charge >= 0.3 is 0 Å². The van der Waals surface area contributed by atoms with Crippen molar-refractivity contribution in [2.24, 2.45) is 0 Å². The summed E-state index contributed by atoms with van der Waals surface area (Å²) in [5, 5.41) is 4.64. The second-order valence-electron chi connectivity index (χ2n) is 4.41. The van der Waals surface area contributed by atoms with E-state index < -0.39 is 0 Å². The number of hydrogen-bond acceptors (Lipinski definition) is 6. The largest absolute Gasteiger partial charge is 0.294 e. The molecular weight excluding hydrogens is 396 g/mol. The van der Waals surface area contributed by atoms with Crippen LogP contribution in [-0.4, -0.2) is 26.6 Å². The molecule has 0 aliphatic carbocycles. The number of nitrogens with one attached hydrogen (secondary N) is 1. The second kappa shape index (κ2) is 7.67. The molecule has 1 aromatic carbocycles. The molecule has 116 valence electrons. The molecule has 8 heteroatoms. The maximum Gasteiger partial charge on any atom is 0.237 e. The number of carbonyl (C=O) groups excluding carboxylic acids is 1. The van der Waals surface area contributed by atoms with Crippen molar-refractivity contribution in [3.05, 3.63) is 52.6 Å². The van der Waals surface area contributed by atoms with Crippen molar-refractivity contribution in [3.8, 4) is 11.3 Å². The fourth-order valence-electron chi connectivity index (χ4n) is 1.73. The molecule has 0 aliphatic heterocycles. The first-order chi connectivity index (χ1) is 11.2. The first kappa shape index (κ1) is 16.1. The first-order valence-electron chi connectivity index (χ1n) is 6.62. The molecule has 0 bridgehead atoms. The van der Waals surface area contributed by atoms with Crippen molar-refractivity contribution >= 4 is 50.9 Å². The van der Waals surface area contributed by atoms with Crippen LogP contribution in [-0.2, 0) is 4.79 Å². The summed E-state index contributed by atoms with van der Waals surface area (Å²) in [6.45, 7) is 0. The van der Waals surface area contributed by atoms with Crippen LogP contribution in [0.4, 0.5) is 5.95 Å². The van der Waals surface area contributed by atoms with Crippen molar-refractivity contribution in [1.82, 2.24) is 15.0 Å². The fraction of sp³-hybridized carbons (Fsp3) is 0.0667. The summed E-state index contributed by atoms with van der Waals surface area (Å²) < 4.78 is 1.89. The molecule has 0 spiro atoms. The van der Waals surface area contributed by atoms with E-state index in [0.29, 0.717) is 5.95 Å². The predicted octanol–water partition coefficient (Wildman–Crippen LogP) is 4.09. The molecule has 0 saturated heterocycles. The Balaban J connectivity index is 1.57. The normalized spacial score (nSPS) is 10.5. The van der Waals surface area contributed by atoms with Gasteiger partial charge < -0.3 is 0 Å². The Morgan fingerprint density at radius 1 is 1.22 bits per heavy atom. The van der Waals surface area contributed by atoms with Crippen LogP contribution in [0, 0.1) is 0 Å². The number of anilines is 1. The molecule has 2 heterocycles. The van der Waals surface area contributed by atoms with E-state index in [9.17, 15) is 4.79 Å². The summed E-state index contributed by atoms with van der Waals surface area (Å²) in [7, 11) is 0. The highest BCUT2D eigenvalue weighted by atomic mass is 79.9. The number of hydrogen-bond donors (Lipinski definition) is 1. The monoisotopic (exact) mass is 406 g/mol. The van der Waals surface area contributed by atoms with Gasteiger partial charge in [-0.25, -0.2) is 15.0 Å². The highest BCUT2D eigenvalue weighted by Gasteiger charge is 2.09. The number of thiazole rings is 1. The van der Waals surface area contributed by atoms with E-state index in [4.69, 9.17) is 0 Å². The number of nitrogens with zero attached hydrogens (tertiary/aromatic N) is 3. The molecule has 3 aromatic rings. The SMILES string of the molecule is O=C(CSc1nc(-c2ccc(Br)cc2)cs1)Nc1ncccn1. The Kier molecular flexibility index (Phi) is 5.37. The van der Waals surface area contributed by atoms with E-state index in [1.165, 1.54) is 23.1 Å². The number of amides is 1. The van der Waals surface area contributed by atoms with Crippen LogP contribution < -0.4 is 5.32 Å². The van der Waals surface area contributed by atoms with Crippen molar-refractivity contribution in [3.63, 3.8) is 0 Å². The standard InChI is InChI=1S/C15H11BrN4OS2/c16-11-4-2-10(3-5-11)12-8-22-15(19-12)23-9-13(21)20-14-17-6-1-7-18-14/h1-8H,9H2,(H,17,18,20,21). The summed E-state index contributed by atoms with van der Waals surface area (Å²) in [5.74, 6) is 0.431. The average Bonchev–Trinajstić information content (AvgIpc) is 3.04. The molecule has 0 saturated carbocycles. The topological polar surface area (TPSA) is 67.8 Å². The smallest absolute Gasteiger partial charge is 0.237 e. The molecule has 23 heavy (non-hydrogen) atoms. The number of benzene rings is 1. The van der Waals surface area contributed by atoms with E-state index >= 15 is 0 Å². The first-order valence-corrected chi connectivity index (χ1v) is 9.28. The summed E-state index contributed by atoms with van der Waals surface area (Å²) in [5.41, 5.74) is 1.97. The van der Waals surface area contributed by atoms with Gasteiger partial charge in [0.15, 0.2) is 4.34 Å². The molecule has 0 fully saturated rings. The third-order valence-corrected chi connectivity index (χ3v) is 5.32. The molecular formula is C15H11BrN4OS2. The molecule has 0 aliphatic rings. The van der Waals surface area contributed by atoms with Crippen LogP contribution in [0.1, 0.15) is 0 Å². The Bertz CT molecular complexity index is 793. The number of rotatable bonds is 5. The van der Waals surface area contributed by atoms with E-state index in [-0.39, 0.29) is 11.7 Å². The maximum absolute atomic E-state index is 11.9. The molecule has 3 rings (SSSR count). The highest BCUT2D eigenvalue weighted by Crippen LogP contribution is 2.28. The summed E-state index contributed by atoms with van der Waals surface area (Å²) in [6.07, 6.45) is 3.17. The Labute approximate surface area is 149 Å². The summed E-state index contributed by atoms with van der Waals surface area (Å²) in [6, 6.07) is 9.67. The molecule has 1 amide bonds. The van der Waals surface area contributed by atoms with Crippen LogP contribution in [0.25, 0.3) is 11.3 Å². The molecule has 1 N–H and O–H groups in total. The average molecular weight is 407 g/mol. The molecule has 5 nitrogen and oxygen atoms in total. The van der Waals surface area contributed by atoms with Crippen LogP contribution in [0.3, 0.4) is 0 Å². The van der Waals surface area contributed by atoms with Crippen LogP contribution >= 0.6 is 39.0 Å². The van der Waals surface area contributed by atoms with E-state index in [1.807, 2.05) is 29.6 Å². The minimum absolute atomic E-state index is 0.151. The van der Waals surface area contributed by atoms with Gasteiger partial charge in [0.25, 0.3) is 0 Å². The van der Waals surface area contributed by atoms with Gasteiger partial charge in [0.1, 0.15) is 0 Å². The zero-order valence-electron chi connectivity index (χ0n) is 11.8. The van der Waals surface area contributed by atoms with Gasteiger partial charge in [-0.2, -0.15) is 0 Å². The second-order valence-corrected chi connectivity index (χ2v) is 7.41. The number of halogens is 1. The fourth-order valence-corrected chi connectivity index (χ4v) is 3.63. The van der Waals surface area contributed by atoms with Gasteiger partial charge in [0, 0.05) is 27.8 Å². The molecule has 2 aromatic heterocycles. The lowest BCUT2D eigenvalue weighted by Crippen LogP contribution is -2.15. The Hall–Kier alpha value is -1.77. The van der Waals surface area contributed by atoms with Gasteiger partial charge in [0.05, 0.1) is 11.4 Å². The van der Waals surface area contributed by atoms with Crippen LogP contribution in [0.2, 0.25) is 0 Å². The molecule has 0 radical (unpaired) electrons. The van der Waals surface area contributed by atoms with E-state index in [2.05, 4.69) is 36.2 Å². The third-order valence-electron chi connectivity index (χ3n) is 2.77. The predicted molar refractivity (Wildman–Crippen MR) is 96.6 cm³/mol. The van der Waals surface area contributed by atoms with E-state index in [0.717, 1.165) is 20.1 Å². The Morgan fingerprint density at radius 2 is 1.96 bits per heavy atom. The van der Waals surface area contributed by atoms with Gasteiger partial charge in [0.2, 0.25) is 11.9 Å². The van der Waals surface area contributed by atoms with Gasteiger partial charge in [-0.3, -0.25) is 10.1 Å². The van der Waals surface area contributed by atoms with Gasteiger partial charge in [-0.1, -0.05) is 39.8 Å².